The van der Waals surface area contributed by atoms with Crippen molar-refractivity contribution in [1.29, 1.82) is 0 Å². The smallest absolute Gasteiger partial charge is 0.304 e. The van der Waals surface area contributed by atoms with Gasteiger partial charge in [-0.1, -0.05) is 17.7 Å². The van der Waals surface area contributed by atoms with E-state index < -0.39 is 5.97 Å². The molecule has 0 aliphatic carbocycles. The first kappa shape index (κ1) is 12.5. The zero-order valence-electron chi connectivity index (χ0n) is 7.96. The van der Waals surface area contributed by atoms with Crippen molar-refractivity contribution < 1.29 is 9.90 Å². The van der Waals surface area contributed by atoms with Crippen LogP contribution in [0.4, 0.5) is 0 Å². The number of carbonyl (C=O) groups is 1. The molecule has 2 N–H and O–H groups in total. The van der Waals surface area contributed by atoms with E-state index in [0.29, 0.717) is 18.1 Å². The van der Waals surface area contributed by atoms with Crippen molar-refractivity contribution in [2.75, 3.05) is 6.54 Å². The molecule has 0 amide bonds. The Hall–Kier alpha value is -0.580. The maximum absolute atomic E-state index is 10.2. The van der Waals surface area contributed by atoms with Crippen molar-refractivity contribution in [3.05, 3.63) is 33.3 Å². The Bertz CT molecular complexity index is 357. The Labute approximate surface area is 102 Å². The van der Waals surface area contributed by atoms with Crippen LogP contribution >= 0.6 is 27.5 Å². The Balaban J connectivity index is 2.38. The third kappa shape index (κ3) is 4.64. The number of aliphatic carboxylic acids is 1. The molecule has 0 aliphatic rings. The number of nitrogens with one attached hydrogen (secondary N) is 1. The minimum absolute atomic E-state index is 0.134. The van der Waals surface area contributed by atoms with Crippen LogP contribution in [0.2, 0.25) is 5.02 Å². The highest BCUT2D eigenvalue weighted by Gasteiger charge is 1.99. The summed E-state index contributed by atoms with van der Waals surface area (Å²) in [6, 6.07) is 5.62. The molecule has 0 saturated carbocycles. The van der Waals surface area contributed by atoms with Gasteiger partial charge in [0.15, 0.2) is 0 Å². The second-order valence-corrected chi connectivity index (χ2v) is 4.33. The first-order valence-electron chi connectivity index (χ1n) is 4.46. The first-order chi connectivity index (χ1) is 7.09. The van der Waals surface area contributed by atoms with Crippen LogP contribution in [0.3, 0.4) is 0 Å². The average Bonchev–Trinajstić information content (AvgIpc) is 2.18. The van der Waals surface area contributed by atoms with E-state index in [0.717, 1.165) is 10.0 Å². The van der Waals surface area contributed by atoms with Gasteiger partial charge in [0.25, 0.3) is 0 Å². The van der Waals surface area contributed by atoms with E-state index in [-0.39, 0.29) is 6.42 Å². The third-order valence-electron chi connectivity index (χ3n) is 1.83. The van der Waals surface area contributed by atoms with Crippen LogP contribution in [-0.2, 0) is 11.3 Å². The Morgan fingerprint density at radius 3 is 2.87 bits per heavy atom. The normalized spacial score (nSPS) is 10.3. The van der Waals surface area contributed by atoms with E-state index >= 15 is 0 Å². The minimum Gasteiger partial charge on any atom is -0.481 e. The molecule has 0 aromatic heterocycles. The van der Waals surface area contributed by atoms with Gasteiger partial charge in [0.05, 0.1) is 11.4 Å². The summed E-state index contributed by atoms with van der Waals surface area (Å²) in [4.78, 5) is 10.2. The maximum atomic E-state index is 10.2. The lowest BCUT2D eigenvalue weighted by Crippen LogP contribution is -2.17. The number of carboxylic acid groups (broad SMARTS) is 1. The lowest BCUT2D eigenvalue weighted by atomic mass is 10.2. The molecule has 0 bridgehead atoms. The van der Waals surface area contributed by atoms with Crippen molar-refractivity contribution in [3.63, 3.8) is 0 Å². The predicted octanol–water partition coefficient (Wildman–Crippen LogP) is 2.67. The van der Waals surface area contributed by atoms with Crippen LogP contribution in [0, 0.1) is 0 Å². The summed E-state index contributed by atoms with van der Waals surface area (Å²) in [5, 5.41) is 12.1. The van der Waals surface area contributed by atoms with E-state index in [2.05, 4.69) is 21.2 Å². The summed E-state index contributed by atoms with van der Waals surface area (Å²) >= 11 is 9.16. The third-order valence-corrected chi connectivity index (χ3v) is 3.04. The van der Waals surface area contributed by atoms with Crippen molar-refractivity contribution in [1.82, 2.24) is 5.32 Å². The van der Waals surface area contributed by atoms with Gasteiger partial charge in [-0.05, 0) is 33.6 Å². The summed E-state index contributed by atoms with van der Waals surface area (Å²) in [6.45, 7) is 1.11. The molecular weight excluding hydrogens is 281 g/mol. The van der Waals surface area contributed by atoms with Gasteiger partial charge in [-0.3, -0.25) is 4.79 Å². The lowest BCUT2D eigenvalue weighted by molar-refractivity contribution is -0.136. The molecule has 0 spiro atoms. The predicted molar refractivity (Wildman–Crippen MR) is 63.1 cm³/mol. The van der Waals surface area contributed by atoms with Crippen LogP contribution in [0.25, 0.3) is 0 Å². The summed E-state index contributed by atoms with van der Waals surface area (Å²) in [7, 11) is 0. The molecule has 0 aliphatic heterocycles. The zero-order valence-corrected chi connectivity index (χ0v) is 10.3. The maximum Gasteiger partial charge on any atom is 0.304 e. The number of hydrogen-bond acceptors (Lipinski definition) is 2. The topological polar surface area (TPSA) is 49.3 Å². The molecule has 0 heterocycles. The van der Waals surface area contributed by atoms with Gasteiger partial charge in [-0.2, -0.15) is 0 Å². The molecule has 1 rings (SSSR count). The quantitative estimate of drug-likeness (QED) is 0.820. The van der Waals surface area contributed by atoms with Gasteiger partial charge in [0.2, 0.25) is 0 Å². The average molecular weight is 293 g/mol. The van der Waals surface area contributed by atoms with Gasteiger partial charge in [-0.25, -0.2) is 0 Å². The van der Waals surface area contributed by atoms with E-state index in [4.69, 9.17) is 16.7 Å². The summed E-state index contributed by atoms with van der Waals surface area (Å²) in [6.07, 6.45) is 0.134. The van der Waals surface area contributed by atoms with Gasteiger partial charge in [0, 0.05) is 17.6 Å². The SMILES string of the molecule is O=C(O)CCNCc1ccc(Cl)c(Br)c1. The fourth-order valence-corrected chi connectivity index (χ4v) is 1.62. The second-order valence-electron chi connectivity index (χ2n) is 3.07. The number of carboxylic acids is 1. The molecule has 82 valence electrons. The molecule has 5 heteroatoms. The van der Waals surface area contributed by atoms with E-state index in [1.807, 2.05) is 12.1 Å². The van der Waals surface area contributed by atoms with Crippen molar-refractivity contribution in [2.45, 2.75) is 13.0 Å². The van der Waals surface area contributed by atoms with Crippen LogP contribution in [0.1, 0.15) is 12.0 Å². The lowest BCUT2D eigenvalue weighted by Gasteiger charge is -2.04. The van der Waals surface area contributed by atoms with Crippen LogP contribution in [-0.4, -0.2) is 17.6 Å². The highest BCUT2D eigenvalue weighted by atomic mass is 79.9. The molecule has 0 radical (unpaired) electrons. The molecule has 0 unspecified atom stereocenters. The standard InChI is InChI=1S/C10H11BrClNO2/c11-8-5-7(1-2-9(8)12)6-13-4-3-10(14)15/h1-2,5,13H,3-4,6H2,(H,14,15). The Morgan fingerprint density at radius 2 is 2.27 bits per heavy atom. The largest absolute Gasteiger partial charge is 0.481 e. The van der Waals surface area contributed by atoms with Crippen molar-refractivity contribution in [3.8, 4) is 0 Å². The summed E-state index contributed by atoms with van der Waals surface area (Å²) < 4.78 is 0.849. The summed E-state index contributed by atoms with van der Waals surface area (Å²) in [5.41, 5.74) is 1.07. The fourth-order valence-electron chi connectivity index (χ4n) is 1.08. The molecular formula is C10H11BrClNO2. The second kappa shape index (κ2) is 6.10. The molecule has 15 heavy (non-hydrogen) atoms. The highest BCUT2D eigenvalue weighted by Crippen LogP contribution is 2.22. The van der Waals surface area contributed by atoms with E-state index in [1.165, 1.54) is 0 Å². The van der Waals surface area contributed by atoms with Crippen LogP contribution in [0.15, 0.2) is 22.7 Å². The molecule has 0 fully saturated rings. The van der Waals surface area contributed by atoms with Crippen LogP contribution in [0.5, 0.6) is 0 Å². The molecule has 0 atom stereocenters. The highest BCUT2D eigenvalue weighted by molar-refractivity contribution is 9.10. The van der Waals surface area contributed by atoms with Crippen LogP contribution < -0.4 is 5.32 Å². The molecule has 1 aromatic carbocycles. The number of halogens is 2. The number of rotatable bonds is 5. The molecule has 0 saturated heterocycles. The van der Waals surface area contributed by atoms with E-state index in [9.17, 15) is 4.79 Å². The monoisotopic (exact) mass is 291 g/mol. The van der Waals surface area contributed by atoms with Gasteiger partial charge in [0.1, 0.15) is 0 Å². The zero-order chi connectivity index (χ0) is 11.3. The summed E-state index contributed by atoms with van der Waals surface area (Å²) in [5.74, 6) is -0.792. The van der Waals surface area contributed by atoms with Crippen molar-refractivity contribution in [2.24, 2.45) is 0 Å². The minimum atomic E-state index is -0.792. The number of hydrogen-bond donors (Lipinski definition) is 2. The van der Waals surface area contributed by atoms with Gasteiger partial charge >= 0.3 is 5.97 Å². The number of benzene rings is 1. The Morgan fingerprint density at radius 1 is 1.53 bits per heavy atom. The Kier molecular flexibility index (Phi) is 5.08. The van der Waals surface area contributed by atoms with Gasteiger partial charge in [-0.15, -0.1) is 0 Å². The fraction of sp³-hybridized carbons (Fsp3) is 0.300. The molecule has 3 nitrogen and oxygen atoms in total. The molecule has 1 aromatic rings. The van der Waals surface area contributed by atoms with E-state index in [1.54, 1.807) is 6.07 Å². The van der Waals surface area contributed by atoms with Gasteiger partial charge < -0.3 is 10.4 Å². The first-order valence-corrected chi connectivity index (χ1v) is 5.63. The van der Waals surface area contributed by atoms with Crippen molar-refractivity contribution >= 4 is 33.5 Å².